The molecule has 0 spiro atoms. The average Bonchev–Trinajstić information content (AvgIpc) is 2.78. The molecule has 0 saturated heterocycles. The summed E-state index contributed by atoms with van der Waals surface area (Å²) >= 11 is 3.54. The van der Waals surface area contributed by atoms with Crippen LogP contribution in [0.2, 0.25) is 0 Å². The van der Waals surface area contributed by atoms with Gasteiger partial charge in [-0.15, -0.1) is 0 Å². The standard InChI is InChI=1S/C24H21BrN2O3/c1-30-24(29)16-11-9-15(10-12-16)23-26-20(17-5-4-6-18(25)13-17)14-21(27-23)19-7-2-3-8-22(19)28/h2-14,21,23,26-28H,1H3/p+1. The lowest BCUT2D eigenvalue weighted by Gasteiger charge is -2.30. The van der Waals surface area contributed by atoms with Crippen molar-refractivity contribution in [2.24, 2.45) is 0 Å². The van der Waals surface area contributed by atoms with Gasteiger partial charge in [-0.3, -0.25) is 0 Å². The van der Waals surface area contributed by atoms with Crippen molar-refractivity contribution in [3.8, 4) is 5.75 Å². The second-order valence-electron chi connectivity index (χ2n) is 7.10. The zero-order chi connectivity index (χ0) is 21.1. The van der Waals surface area contributed by atoms with E-state index in [1.165, 1.54) is 7.11 Å². The maximum Gasteiger partial charge on any atom is 0.337 e. The predicted octanol–water partition coefficient (Wildman–Crippen LogP) is 3.89. The zero-order valence-electron chi connectivity index (χ0n) is 16.4. The number of esters is 1. The van der Waals surface area contributed by atoms with E-state index in [2.05, 4.69) is 38.7 Å². The molecule has 3 aromatic rings. The maximum atomic E-state index is 11.8. The summed E-state index contributed by atoms with van der Waals surface area (Å²) in [6.45, 7) is 0. The van der Waals surface area contributed by atoms with Crippen molar-refractivity contribution < 1.29 is 20.0 Å². The van der Waals surface area contributed by atoms with Crippen LogP contribution in [0.25, 0.3) is 5.70 Å². The summed E-state index contributed by atoms with van der Waals surface area (Å²) in [5, 5.41) is 16.2. The molecule has 0 amide bonds. The van der Waals surface area contributed by atoms with E-state index >= 15 is 0 Å². The third-order valence-corrected chi connectivity index (χ3v) is 5.67. The first-order valence-electron chi connectivity index (χ1n) is 9.60. The highest BCUT2D eigenvalue weighted by molar-refractivity contribution is 9.10. The molecule has 4 rings (SSSR count). The fourth-order valence-corrected chi connectivity index (χ4v) is 4.04. The fraction of sp³-hybridized carbons (Fsp3) is 0.125. The minimum absolute atomic E-state index is 0.0771. The van der Waals surface area contributed by atoms with Gasteiger partial charge in [-0.05, 0) is 42.0 Å². The largest absolute Gasteiger partial charge is 0.507 e. The number of ether oxygens (including phenoxy) is 1. The summed E-state index contributed by atoms with van der Waals surface area (Å²) < 4.78 is 5.79. The van der Waals surface area contributed by atoms with Crippen molar-refractivity contribution in [2.75, 3.05) is 7.11 Å². The number of phenolic OH excluding ortho intramolecular Hbond substituents is 1. The highest BCUT2D eigenvalue weighted by Crippen LogP contribution is 2.29. The lowest BCUT2D eigenvalue weighted by molar-refractivity contribution is -0.731. The number of rotatable bonds is 4. The van der Waals surface area contributed by atoms with E-state index in [1.807, 2.05) is 48.5 Å². The minimum Gasteiger partial charge on any atom is -0.507 e. The van der Waals surface area contributed by atoms with E-state index in [0.29, 0.717) is 5.56 Å². The van der Waals surface area contributed by atoms with Gasteiger partial charge in [0, 0.05) is 21.8 Å². The molecule has 2 atom stereocenters. The van der Waals surface area contributed by atoms with Gasteiger partial charge in [0.05, 0.1) is 18.2 Å². The topological polar surface area (TPSA) is 75.2 Å². The Morgan fingerprint density at radius 3 is 2.53 bits per heavy atom. The number of carbonyl (C=O) groups excluding carboxylic acids is 1. The normalized spacial score (nSPS) is 18.3. The minimum atomic E-state index is -0.357. The Kier molecular flexibility index (Phi) is 5.88. The van der Waals surface area contributed by atoms with Gasteiger partial charge in [-0.2, -0.15) is 0 Å². The number of quaternary nitrogens is 1. The van der Waals surface area contributed by atoms with E-state index < -0.39 is 0 Å². The van der Waals surface area contributed by atoms with E-state index in [4.69, 9.17) is 4.74 Å². The number of aromatic hydroxyl groups is 1. The van der Waals surface area contributed by atoms with E-state index in [0.717, 1.165) is 26.9 Å². The Labute approximate surface area is 183 Å². The number of para-hydroxylation sites is 1. The summed E-state index contributed by atoms with van der Waals surface area (Å²) in [6, 6.07) is 22.8. The zero-order valence-corrected chi connectivity index (χ0v) is 18.0. The van der Waals surface area contributed by atoms with Crippen LogP contribution in [0.15, 0.2) is 83.3 Å². The third kappa shape index (κ3) is 4.25. The number of methoxy groups -OCH3 is 1. The first kappa shape index (κ1) is 20.2. The Morgan fingerprint density at radius 2 is 1.83 bits per heavy atom. The van der Waals surface area contributed by atoms with Gasteiger partial charge in [0.2, 0.25) is 0 Å². The summed E-state index contributed by atoms with van der Waals surface area (Å²) in [5.41, 5.74) is 4.41. The molecule has 1 heterocycles. The Bertz CT molecular complexity index is 1100. The quantitative estimate of drug-likeness (QED) is 0.511. The van der Waals surface area contributed by atoms with Gasteiger partial charge in [-0.1, -0.05) is 52.3 Å². The van der Waals surface area contributed by atoms with Crippen molar-refractivity contribution in [3.05, 3.63) is 106 Å². The lowest BCUT2D eigenvalue weighted by Crippen LogP contribution is -2.89. The molecule has 30 heavy (non-hydrogen) atoms. The maximum absolute atomic E-state index is 11.8. The predicted molar refractivity (Wildman–Crippen MR) is 119 cm³/mol. The van der Waals surface area contributed by atoms with Crippen LogP contribution >= 0.6 is 15.9 Å². The van der Waals surface area contributed by atoms with E-state index in [9.17, 15) is 9.90 Å². The lowest BCUT2D eigenvalue weighted by atomic mass is 9.97. The summed E-state index contributed by atoms with van der Waals surface area (Å²) in [6.07, 6.45) is 2.02. The van der Waals surface area contributed by atoms with Gasteiger partial charge >= 0.3 is 5.97 Å². The summed E-state index contributed by atoms with van der Waals surface area (Å²) in [5.74, 6) is -0.0887. The summed E-state index contributed by atoms with van der Waals surface area (Å²) in [4.78, 5) is 11.8. The number of phenols is 1. The molecule has 0 aromatic heterocycles. The van der Waals surface area contributed by atoms with Crippen LogP contribution in [-0.2, 0) is 4.74 Å². The Hall–Kier alpha value is -3.09. The SMILES string of the molecule is COC(=O)c1ccc(C2NC(c3cccc(Br)c3)=CC(c3ccccc3O)[NH2+]2)cc1. The molecule has 0 bridgehead atoms. The molecule has 1 aliphatic rings. The molecular formula is C24H22BrN2O3+. The van der Waals surface area contributed by atoms with Gasteiger partial charge in [0.25, 0.3) is 0 Å². The summed E-state index contributed by atoms with van der Waals surface area (Å²) in [7, 11) is 1.37. The van der Waals surface area contributed by atoms with E-state index in [-0.39, 0.29) is 23.9 Å². The number of hydrogen-bond acceptors (Lipinski definition) is 4. The number of hydrogen-bond donors (Lipinski definition) is 3. The van der Waals surface area contributed by atoms with Crippen LogP contribution in [0.3, 0.4) is 0 Å². The number of nitrogens with two attached hydrogens (primary N) is 1. The molecule has 0 saturated carbocycles. The molecular weight excluding hydrogens is 444 g/mol. The molecule has 0 aliphatic carbocycles. The Morgan fingerprint density at radius 1 is 1.07 bits per heavy atom. The van der Waals surface area contributed by atoms with Crippen molar-refractivity contribution in [1.29, 1.82) is 0 Å². The van der Waals surface area contributed by atoms with Crippen LogP contribution in [0.4, 0.5) is 0 Å². The molecule has 152 valence electrons. The molecule has 3 aromatic carbocycles. The highest BCUT2D eigenvalue weighted by Gasteiger charge is 2.29. The Balaban J connectivity index is 1.72. The fourth-order valence-electron chi connectivity index (χ4n) is 3.64. The van der Waals surface area contributed by atoms with E-state index in [1.54, 1.807) is 18.2 Å². The molecule has 1 aliphatic heterocycles. The van der Waals surface area contributed by atoms with Gasteiger partial charge in [-0.25, -0.2) is 4.79 Å². The molecule has 0 radical (unpaired) electrons. The molecule has 2 unspecified atom stereocenters. The van der Waals surface area contributed by atoms with Crippen LogP contribution in [0, 0.1) is 0 Å². The van der Waals surface area contributed by atoms with Crippen LogP contribution in [0.1, 0.15) is 39.3 Å². The molecule has 6 heteroatoms. The first-order chi connectivity index (χ1) is 14.5. The van der Waals surface area contributed by atoms with Crippen molar-refractivity contribution in [1.82, 2.24) is 5.32 Å². The molecule has 5 nitrogen and oxygen atoms in total. The molecule has 4 N–H and O–H groups in total. The highest BCUT2D eigenvalue weighted by atomic mass is 79.9. The van der Waals surface area contributed by atoms with Gasteiger partial charge in [0.15, 0.2) is 6.17 Å². The number of halogens is 1. The van der Waals surface area contributed by atoms with Crippen molar-refractivity contribution in [2.45, 2.75) is 12.2 Å². The third-order valence-electron chi connectivity index (χ3n) is 5.18. The first-order valence-corrected chi connectivity index (χ1v) is 10.4. The smallest absolute Gasteiger partial charge is 0.337 e. The average molecular weight is 466 g/mol. The van der Waals surface area contributed by atoms with Crippen LogP contribution in [0.5, 0.6) is 5.75 Å². The van der Waals surface area contributed by atoms with Crippen molar-refractivity contribution >= 4 is 27.6 Å². The van der Waals surface area contributed by atoms with Crippen LogP contribution < -0.4 is 10.6 Å². The number of nitrogens with one attached hydrogen (secondary N) is 1. The second kappa shape index (κ2) is 8.73. The monoisotopic (exact) mass is 465 g/mol. The van der Waals surface area contributed by atoms with Gasteiger partial charge in [0.1, 0.15) is 11.8 Å². The second-order valence-corrected chi connectivity index (χ2v) is 8.02. The number of benzene rings is 3. The van der Waals surface area contributed by atoms with Crippen LogP contribution in [-0.4, -0.2) is 18.2 Å². The van der Waals surface area contributed by atoms with Gasteiger partial charge < -0.3 is 20.5 Å². The molecule has 0 fully saturated rings. The number of carbonyl (C=O) groups is 1. The van der Waals surface area contributed by atoms with Crippen molar-refractivity contribution in [3.63, 3.8) is 0 Å².